The van der Waals surface area contributed by atoms with Crippen molar-refractivity contribution in [3.63, 3.8) is 0 Å². The van der Waals surface area contributed by atoms with E-state index in [0.717, 1.165) is 0 Å². The summed E-state index contributed by atoms with van der Waals surface area (Å²) in [5, 5.41) is 4.12. The van der Waals surface area contributed by atoms with E-state index < -0.39 is 7.82 Å². The van der Waals surface area contributed by atoms with Crippen molar-refractivity contribution in [1.82, 2.24) is 0 Å². The molecule has 0 saturated heterocycles. The molecule has 0 aromatic carbocycles. The number of phosphoric acid groups is 1. The Morgan fingerprint density at radius 1 is 1.12 bits per heavy atom. The number of isothiocyanates is 2. The number of phosphoric ester groups is 1. The first-order chi connectivity index (χ1) is 7.68. The minimum absolute atomic E-state index is 0.236. The van der Waals surface area contributed by atoms with Crippen LogP contribution >= 0.6 is 32.3 Å². The Morgan fingerprint density at radius 2 is 1.62 bits per heavy atom. The molecule has 0 aliphatic carbocycles. The first-order valence-corrected chi connectivity index (χ1v) is 6.57. The summed E-state index contributed by atoms with van der Waals surface area (Å²) in [6.45, 7) is 1.60. The van der Waals surface area contributed by atoms with Crippen molar-refractivity contribution in [2.75, 3.05) is 20.1 Å². The quantitative estimate of drug-likeness (QED) is 0.368. The summed E-state index contributed by atoms with van der Waals surface area (Å²) in [5.41, 5.74) is 0. The Morgan fingerprint density at radius 3 is 2.00 bits per heavy atom. The van der Waals surface area contributed by atoms with E-state index in [1.165, 1.54) is 0 Å². The average Bonchev–Trinajstić information content (AvgIpc) is 2.27. The van der Waals surface area contributed by atoms with Gasteiger partial charge in [0.15, 0.2) is 13.5 Å². The van der Waals surface area contributed by atoms with Gasteiger partial charge in [-0.05, 0) is 30.9 Å². The summed E-state index contributed by atoms with van der Waals surface area (Å²) in [7, 11) is -3.66. The maximum atomic E-state index is 11.8. The fourth-order valence-electron chi connectivity index (χ4n) is 0.567. The first-order valence-electron chi connectivity index (χ1n) is 4.29. The molecule has 0 atom stereocenters. The van der Waals surface area contributed by atoms with E-state index >= 15 is 0 Å². The van der Waals surface area contributed by atoms with E-state index in [9.17, 15) is 4.57 Å². The Balaban J connectivity index is 4.27. The number of hydrogen-bond donors (Lipinski definition) is 0. The Bertz CT molecular complexity index is 313. The maximum Gasteiger partial charge on any atom is 0.478 e. The molecule has 0 amide bonds. The van der Waals surface area contributed by atoms with Crippen LogP contribution in [-0.4, -0.2) is 30.4 Å². The summed E-state index contributed by atoms with van der Waals surface area (Å²) >= 11 is 8.65. The largest absolute Gasteiger partial charge is 0.478 e. The molecule has 16 heavy (non-hydrogen) atoms. The highest BCUT2D eigenvalue weighted by Gasteiger charge is 2.26. The van der Waals surface area contributed by atoms with Crippen molar-refractivity contribution in [1.29, 1.82) is 0 Å². The molecule has 0 unspecified atom stereocenters. The molecular formula is C7H11N2O4PS2. The van der Waals surface area contributed by atoms with E-state index in [1.807, 2.05) is 6.92 Å². The van der Waals surface area contributed by atoms with Crippen LogP contribution in [0.2, 0.25) is 0 Å². The monoisotopic (exact) mass is 282 g/mol. The number of thiocarbonyl (C=S) groups is 2. The smallest absolute Gasteiger partial charge is 0.287 e. The fourth-order valence-corrected chi connectivity index (χ4v) is 1.70. The molecule has 0 fully saturated rings. The lowest BCUT2D eigenvalue weighted by Gasteiger charge is -2.14. The maximum absolute atomic E-state index is 11.8. The predicted molar refractivity (Wildman–Crippen MR) is 65.8 cm³/mol. The van der Waals surface area contributed by atoms with Crippen molar-refractivity contribution >= 4 is 42.6 Å². The normalized spacial score (nSPS) is 13.3. The molecule has 0 aliphatic rings. The zero-order valence-corrected chi connectivity index (χ0v) is 11.1. The second kappa shape index (κ2) is 9.90. The SMILES string of the molecule is CCCOP(=O)(OCN=C=S)OCN=C=S. The van der Waals surface area contributed by atoms with Crippen molar-refractivity contribution in [2.45, 2.75) is 13.3 Å². The molecule has 90 valence electrons. The standard InChI is InChI=1S/C7H11N2O4PS2/c1-2-3-11-14(10,12-4-8-6-15)13-5-9-7-16/h2-5H2,1H3. The molecule has 6 nitrogen and oxygen atoms in total. The summed E-state index contributed by atoms with van der Waals surface area (Å²) in [6.07, 6.45) is 0.670. The highest BCUT2D eigenvalue weighted by Crippen LogP contribution is 2.49. The van der Waals surface area contributed by atoms with Crippen LogP contribution in [-0.2, 0) is 18.1 Å². The third kappa shape index (κ3) is 7.93. The molecule has 0 aromatic rings. The lowest BCUT2D eigenvalue weighted by molar-refractivity contribution is 0.118. The molecule has 0 bridgehead atoms. The molecular weight excluding hydrogens is 271 g/mol. The van der Waals surface area contributed by atoms with Crippen molar-refractivity contribution in [3.8, 4) is 0 Å². The molecule has 0 aromatic heterocycles. The van der Waals surface area contributed by atoms with Gasteiger partial charge in [-0.25, -0.2) is 14.5 Å². The minimum atomic E-state index is -3.66. The van der Waals surface area contributed by atoms with Crippen LogP contribution in [0.25, 0.3) is 0 Å². The van der Waals surface area contributed by atoms with Gasteiger partial charge in [-0.3, -0.25) is 13.6 Å². The van der Waals surface area contributed by atoms with Gasteiger partial charge in [0.2, 0.25) is 0 Å². The summed E-state index contributed by atoms with van der Waals surface area (Å²) in [5.74, 6) is 0. The molecule has 0 rings (SSSR count). The van der Waals surface area contributed by atoms with E-state index in [1.54, 1.807) is 0 Å². The van der Waals surface area contributed by atoms with E-state index in [4.69, 9.17) is 13.6 Å². The van der Waals surface area contributed by atoms with Crippen molar-refractivity contribution in [2.24, 2.45) is 9.98 Å². The van der Waals surface area contributed by atoms with Crippen LogP contribution in [0, 0.1) is 0 Å². The fraction of sp³-hybridized carbons (Fsp3) is 0.714. The number of rotatable bonds is 9. The molecule has 0 spiro atoms. The highest BCUT2D eigenvalue weighted by molar-refractivity contribution is 7.78. The minimum Gasteiger partial charge on any atom is -0.287 e. The van der Waals surface area contributed by atoms with Crippen LogP contribution in [0.5, 0.6) is 0 Å². The number of aliphatic imine (C=N–C) groups is 2. The van der Waals surface area contributed by atoms with Crippen molar-refractivity contribution in [3.05, 3.63) is 0 Å². The van der Waals surface area contributed by atoms with Gasteiger partial charge in [-0.15, -0.1) is 0 Å². The van der Waals surface area contributed by atoms with Crippen LogP contribution in [0.1, 0.15) is 13.3 Å². The van der Waals surface area contributed by atoms with E-state index in [-0.39, 0.29) is 20.1 Å². The molecule has 0 aliphatic heterocycles. The topological polar surface area (TPSA) is 69.5 Å². The number of hydrogen-bond acceptors (Lipinski definition) is 8. The van der Waals surface area contributed by atoms with Gasteiger partial charge < -0.3 is 0 Å². The first kappa shape index (κ1) is 15.7. The van der Waals surface area contributed by atoms with E-state index in [2.05, 4.69) is 44.7 Å². The zero-order valence-electron chi connectivity index (χ0n) is 8.62. The van der Waals surface area contributed by atoms with Crippen LogP contribution in [0.4, 0.5) is 0 Å². The Labute approximate surface area is 104 Å². The van der Waals surface area contributed by atoms with Crippen LogP contribution < -0.4 is 0 Å². The molecule has 9 heteroatoms. The Kier molecular flexibility index (Phi) is 9.72. The number of nitrogens with zero attached hydrogens (tertiary/aromatic N) is 2. The van der Waals surface area contributed by atoms with Gasteiger partial charge >= 0.3 is 7.82 Å². The lowest BCUT2D eigenvalue weighted by atomic mass is 10.5. The zero-order chi connectivity index (χ0) is 12.3. The van der Waals surface area contributed by atoms with Crippen LogP contribution in [0.15, 0.2) is 9.98 Å². The lowest BCUT2D eigenvalue weighted by Crippen LogP contribution is -2.01. The summed E-state index contributed by atoms with van der Waals surface area (Å²) in [6, 6.07) is 0. The van der Waals surface area contributed by atoms with Gasteiger partial charge in [0.05, 0.1) is 16.9 Å². The second-order valence-corrected chi connectivity index (χ2v) is 4.33. The summed E-state index contributed by atoms with van der Waals surface area (Å²) in [4.78, 5) is 6.87. The van der Waals surface area contributed by atoms with Crippen LogP contribution in [0.3, 0.4) is 0 Å². The van der Waals surface area contributed by atoms with Gasteiger partial charge in [0.25, 0.3) is 0 Å². The summed E-state index contributed by atoms with van der Waals surface area (Å²) < 4.78 is 26.4. The third-order valence-corrected chi connectivity index (χ3v) is 2.76. The highest BCUT2D eigenvalue weighted by atomic mass is 32.1. The van der Waals surface area contributed by atoms with Gasteiger partial charge in [0, 0.05) is 0 Å². The van der Waals surface area contributed by atoms with Gasteiger partial charge in [-0.2, -0.15) is 0 Å². The second-order valence-electron chi connectivity index (χ2n) is 2.30. The Hall–Kier alpha value is -0.290. The third-order valence-electron chi connectivity index (χ3n) is 1.14. The molecule has 0 heterocycles. The molecule has 0 saturated carbocycles. The van der Waals surface area contributed by atoms with Gasteiger partial charge in [0.1, 0.15) is 0 Å². The van der Waals surface area contributed by atoms with Crippen molar-refractivity contribution < 1.29 is 18.1 Å². The van der Waals surface area contributed by atoms with Gasteiger partial charge in [-0.1, -0.05) is 6.92 Å². The predicted octanol–water partition coefficient (Wildman–Crippen LogP) is 2.67. The average molecular weight is 282 g/mol. The van der Waals surface area contributed by atoms with E-state index in [0.29, 0.717) is 6.42 Å². The molecule has 0 N–H and O–H groups in total. The molecule has 0 radical (unpaired) electrons.